The smallest absolute Gasteiger partial charge is 0.320 e. The maximum Gasteiger partial charge on any atom is 0.334 e. The summed E-state index contributed by atoms with van der Waals surface area (Å²) in [5.41, 5.74) is 6.02. The zero-order chi connectivity index (χ0) is 14.0. The van der Waals surface area contributed by atoms with Crippen LogP contribution in [0.2, 0.25) is 0 Å². The second-order valence-electron chi connectivity index (χ2n) is 3.80. The summed E-state index contributed by atoms with van der Waals surface area (Å²) in [6, 6.07) is 1.18. The van der Waals surface area contributed by atoms with Crippen molar-refractivity contribution >= 4 is 29.2 Å². The summed E-state index contributed by atoms with van der Waals surface area (Å²) in [5.74, 6) is 3.97. The quantitative estimate of drug-likeness (QED) is 0.468. The van der Waals surface area contributed by atoms with Gasteiger partial charge in [-0.25, -0.2) is 4.79 Å². The third-order valence-electron chi connectivity index (χ3n) is 2.62. The number of thiophene rings is 1. The molecule has 1 aliphatic rings. The van der Waals surface area contributed by atoms with Gasteiger partial charge in [-0.15, -0.1) is 11.3 Å². The Kier molecular flexibility index (Phi) is 3.64. The Hall–Kier alpha value is -2.17. The van der Waals surface area contributed by atoms with Gasteiger partial charge in [-0.3, -0.25) is 19.4 Å². The van der Waals surface area contributed by atoms with E-state index in [1.165, 1.54) is 18.4 Å². The molecule has 0 atom stereocenters. The first-order chi connectivity index (χ1) is 9.06. The van der Waals surface area contributed by atoms with Crippen LogP contribution in [-0.4, -0.2) is 41.2 Å². The second-order valence-corrected chi connectivity index (χ2v) is 4.80. The fourth-order valence-corrected chi connectivity index (χ4v) is 2.44. The largest absolute Gasteiger partial charge is 0.334 e. The van der Waals surface area contributed by atoms with Crippen LogP contribution in [0.5, 0.6) is 0 Å². The van der Waals surface area contributed by atoms with Gasteiger partial charge in [0.05, 0.1) is 13.1 Å². The molecule has 1 saturated heterocycles. The SMILES string of the molecule is CN1C(=O)C(=O)N(Cc2sccc2C#CCN)C1=O. The molecule has 2 N–H and O–H groups in total. The molecule has 0 saturated carbocycles. The van der Waals surface area contributed by atoms with E-state index in [-0.39, 0.29) is 13.1 Å². The normalized spacial score (nSPS) is 14.9. The molecule has 2 heterocycles. The molecule has 1 aromatic heterocycles. The Balaban J connectivity index is 2.23. The van der Waals surface area contributed by atoms with Crippen molar-refractivity contribution in [2.45, 2.75) is 6.54 Å². The van der Waals surface area contributed by atoms with Crippen molar-refractivity contribution in [3.63, 3.8) is 0 Å². The number of hydrogen-bond donors (Lipinski definition) is 1. The van der Waals surface area contributed by atoms with Crippen LogP contribution in [0.3, 0.4) is 0 Å². The minimum atomic E-state index is -0.809. The molecular weight excluding hydrogens is 266 g/mol. The summed E-state index contributed by atoms with van der Waals surface area (Å²) in [6.07, 6.45) is 0. The molecule has 4 amide bonds. The zero-order valence-electron chi connectivity index (χ0n) is 10.2. The minimum Gasteiger partial charge on any atom is -0.320 e. The van der Waals surface area contributed by atoms with Gasteiger partial charge in [-0.2, -0.15) is 0 Å². The van der Waals surface area contributed by atoms with Crippen molar-refractivity contribution in [1.29, 1.82) is 0 Å². The lowest BCUT2D eigenvalue weighted by molar-refractivity contribution is -0.143. The first-order valence-corrected chi connectivity index (χ1v) is 6.33. The summed E-state index contributed by atoms with van der Waals surface area (Å²) >= 11 is 1.37. The number of likely N-dealkylation sites (N-methyl/N-ethyl adjacent to an activating group) is 1. The van der Waals surface area contributed by atoms with Gasteiger partial charge in [0.25, 0.3) is 0 Å². The number of nitrogens with two attached hydrogens (primary N) is 1. The van der Waals surface area contributed by atoms with Crippen molar-refractivity contribution in [2.24, 2.45) is 5.73 Å². The molecule has 1 aromatic rings. The first-order valence-electron chi connectivity index (χ1n) is 5.45. The highest BCUT2D eigenvalue weighted by molar-refractivity contribution is 7.10. The predicted molar refractivity (Wildman–Crippen MR) is 69.0 cm³/mol. The van der Waals surface area contributed by atoms with Gasteiger partial charge in [0.15, 0.2) is 0 Å². The molecule has 0 aromatic carbocycles. The van der Waals surface area contributed by atoms with Crippen LogP contribution in [-0.2, 0) is 16.1 Å². The first kappa shape index (κ1) is 13.3. The number of hydrogen-bond acceptors (Lipinski definition) is 5. The zero-order valence-corrected chi connectivity index (χ0v) is 11.0. The van der Waals surface area contributed by atoms with Crippen molar-refractivity contribution < 1.29 is 14.4 Å². The molecule has 0 aliphatic carbocycles. The summed E-state index contributed by atoms with van der Waals surface area (Å²) in [6.45, 7) is 0.290. The van der Waals surface area contributed by atoms with E-state index in [0.29, 0.717) is 0 Å². The highest BCUT2D eigenvalue weighted by Gasteiger charge is 2.42. The standard InChI is InChI=1S/C12H11N3O3S/c1-14-10(16)11(17)15(12(14)18)7-9-8(3-2-5-13)4-6-19-9/h4,6H,5,7,13H2,1H3. The van der Waals surface area contributed by atoms with E-state index in [4.69, 9.17) is 5.73 Å². The summed E-state index contributed by atoms with van der Waals surface area (Å²) in [4.78, 5) is 37.2. The van der Waals surface area contributed by atoms with Gasteiger partial charge in [0, 0.05) is 17.5 Å². The van der Waals surface area contributed by atoms with Crippen LogP contribution in [0.25, 0.3) is 0 Å². The van der Waals surface area contributed by atoms with Crippen molar-refractivity contribution in [1.82, 2.24) is 9.80 Å². The monoisotopic (exact) mass is 277 g/mol. The van der Waals surface area contributed by atoms with Gasteiger partial charge in [0.2, 0.25) is 0 Å². The highest BCUT2D eigenvalue weighted by Crippen LogP contribution is 2.21. The van der Waals surface area contributed by atoms with Gasteiger partial charge in [-0.05, 0) is 11.4 Å². The third kappa shape index (κ3) is 2.36. The van der Waals surface area contributed by atoms with Gasteiger partial charge >= 0.3 is 17.8 Å². The molecule has 6 nitrogen and oxygen atoms in total. The summed E-state index contributed by atoms with van der Waals surface area (Å²) in [7, 11) is 1.28. The number of nitrogens with zero attached hydrogens (tertiary/aromatic N) is 2. The molecule has 0 unspecified atom stereocenters. The lowest BCUT2D eigenvalue weighted by Crippen LogP contribution is -2.30. The Morgan fingerprint density at radius 2 is 2.05 bits per heavy atom. The number of rotatable bonds is 2. The van der Waals surface area contributed by atoms with Crippen molar-refractivity contribution in [2.75, 3.05) is 13.6 Å². The Bertz CT molecular complexity index is 611. The van der Waals surface area contributed by atoms with Gasteiger partial charge in [0.1, 0.15) is 0 Å². The number of urea groups is 1. The molecule has 2 rings (SSSR count). The highest BCUT2D eigenvalue weighted by atomic mass is 32.1. The van der Waals surface area contributed by atoms with Crippen LogP contribution >= 0.6 is 11.3 Å². The third-order valence-corrected chi connectivity index (χ3v) is 3.53. The molecule has 7 heteroatoms. The molecular formula is C12H11N3O3S. The molecule has 98 valence electrons. The average Bonchev–Trinajstić information content (AvgIpc) is 2.92. The van der Waals surface area contributed by atoms with Gasteiger partial charge in [-0.1, -0.05) is 11.8 Å². The fraction of sp³-hybridized carbons (Fsp3) is 0.250. The molecule has 0 bridgehead atoms. The van der Waals surface area contributed by atoms with E-state index < -0.39 is 17.8 Å². The Morgan fingerprint density at radius 1 is 1.32 bits per heavy atom. The predicted octanol–water partition coefficient (Wildman–Crippen LogP) is -0.0211. The maximum atomic E-state index is 11.7. The number of imide groups is 2. The van der Waals surface area contributed by atoms with E-state index in [1.54, 1.807) is 6.07 Å². The minimum absolute atomic E-state index is 0.0556. The lowest BCUT2D eigenvalue weighted by atomic mass is 10.2. The van der Waals surface area contributed by atoms with Crippen LogP contribution in [0.1, 0.15) is 10.4 Å². The maximum absolute atomic E-state index is 11.7. The van der Waals surface area contributed by atoms with Crippen LogP contribution in [0, 0.1) is 11.8 Å². The Labute approximate surface area is 113 Å². The summed E-state index contributed by atoms with van der Waals surface area (Å²) in [5, 5.41) is 1.81. The number of carbonyl (C=O) groups excluding carboxylic acids is 3. The Morgan fingerprint density at radius 3 is 2.63 bits per heavy atom. The van der Waals surface area contributed by atoms with Gasteiger partial charge < -0.3 is 5.73 Å². The van der Waals surface area contributed by atoms with E-state index >= 15 is 0 Å². The summed E-state index contributed by atoms with van der Waals surface area (Å²) < 4.78 is 0. The lowest BCUT2D eigenvalue weighted by Gasteiger charge is -2.11. The average molecular weight is 277 g/mol. The van der Waals surface area contributed by atoms with E-state index in [2.05, 4.69) is 11.8 Å². The molecule has 1 aliphatic heterocycles. The number of carbonyl (C=O) groups is 3. The van der Waals surface area contributed by atoms with Crippen LogP contribution in [0.4, 0.5) is 4.79 Å². The van der Waals surface area contributed by atoms with E-state index in [9.17, 15) is 14.4 Å². The van der Waals surface area contributed by atoms with E-state index in [0.717, 1.165) is 20.2 Å². The molecule has 1 fully saturated rings. The molecule has 19 heavy (non-hydrogen) atoms. The second kappa shape index (κ2) is 5.22. The van der Waals surface area contributed by atoms with Crippen molar-refractivity contribution in [3.05, 3.63) is 21.9 Å². The van der Waals surface area contributed by atoms with Crippen LogP contribution < -0.4 is 5.73 Å². The van der Waals surface area contributed by atoms with E-state index in [1.807, 2.05) is 5.38 Å². The van der Waals surface area contributed by atoms with Crippen LogP contribution in [0.15, 0.2) is 11.4 Å². The molecule has 0 radical (unpaired) electrons. The number of amides is 4. The van der Waals surface area contributed by atoms with Crippen molar-refractivity contribution in [3.8, 4) is 11.8 Å². The molecule has 0 spiro atoms. The fourth-order valence-electron chi connectivity index (χ4n) is 1.62. The topological polar surface area (TPSA) is 83.7 Å².